The van der Waals surface area contributed by atoms with Crippen LogP contribution in [0, 0.1) is 6.92 Å². The smallest absolute Gasteiger partial charge is 0.260 e. The van der Waals surface area contributed by atoms with Crippen molar-refractivity contribution in [3.05, 3.63) is 58.6 Å². The van der Waals surface area contributed by atoms with E-state index in [0.717, 1.165) is 30.9 Å². The molecule has 1 aliphatic rings. The van der Waals surface area contributed by atoms with Gasteiger partial charge in [0.05, 0.1) is 12.1 Å². The number of benzene rings is 2. The zero-order chi connectivity index (χ0) is 19.2. The van der Waals surface area contributed by atoms with Crippen molar-refractivity contribution in [2.45, 2.75) is 13.5 Å². The van der Waals surface area contributed by atoms with Crippen LogP contribution >= 0.6 is 11.6 Å². The maximum atomic E-state index is 12.4. The summed E-state index contributed by atoms with van der Waals surface area (Å²) in [6.45, 7) is 5.97. The van der Waals surface area contributed by atoms with Gasteiger partial charge < -0.3 is 14.4 Å². The average molecular weight is 389 g/mol. The third-order valence-corrected chi connectivity index (χ3v) is 5.04. The van der Waals surface area contributed by atoms with Gasteiger partial charge in [-0.15, -0.1) is 0 Å². The van der Waals surface area contributed by atoms with Crippen LogP contribution < -0.4 is 9.47 Å². The highest BCUT2D eigenvalue weighted by Gasteiger charge is 2.21. The molecule has 3 rings (SSSR count). The first-order valence-electron chi connectivity index (χ1n) is 9.07. The number of carbonyl (C=O) groups is 1. The maximum Gasteiger partial charge on any atom is 0.260 e. The normalized spacial score (nSPS) is 14.9. The van der Waals surface area contributed by atoms with Gasteiger partial charge >= 0.3 is 0 Å². The predicted octanol–water partition coefficient (Wildman–Crippen LogP) is 3.38. The number of ether oxygens (including phenoxy) is 2. The second-order valence-corrected chi connectivity index (χ2v) is 7.13. The Hall–Kier alpha value is -2.24. The van der Waals surface area contributed by atoms with Crippen LogP contribution in [-0.2, 0) is 11.3 Å². The Morgan fingerprint density at radius 1 is 1.07 bits per heavy atom. The molecule has 0 bridgehead atoms. The van der Waals surface area contributed by atoms with Crippen molar-refractivity contribution in [1.29, 1.82) is 0 Å². The van der Waals surface area contributed by atoms with E-state index in [4.69, 9.17) is 21.1 Å². The van der Waals surface area contributed by atoms with E-state index in [2.05, 4.69) is 17.0 Å². The molecule has 0 radical (unpaired) electrons. The summed E-state index contributed by atoms with van der Waals surface area (Å²) in [7, 11) is 1.67. The minimum atomic E-state index is -0.00308. The van der Waals surface area contributed by atoms with Crippen LogP contribution in [0.5, 0.6) is 11.5 Å². The first kappa shape index (κ1) is 19.5. The summed E-state index contributed by atoms with van der Waals surface area (Å²) >= 11 is 6.12. The van der Waals surface area contributed by atoms with E-state index < -0.39 is 0 Å². The Balaban J connectivity index is 1.45. The molecule has 0 N–H and O–H groups in total. The molecule has 2 aromatic carbocycles. The second kappa shape index (κ2) is 9.11. The lowest BCUT2D eigenvalue weighted by molar-refractivity contribution is -0.135. The molecule has 1 aliphatic heterocycles. The lowest BCUT2D eigenvalue weighted by Gasteiger charge is -2.34. The number of halogens is 1. The quantitative estimate of drug-likeness (QED) is 0.760. The van der Waals surface area contributed by atoms with Crippen LogP contribution in [0.3, 0.4) is 0 Å². The molecule has 1 amide bonds. The van der Waals surface area contributed by atoms with Gasteiger partial charge in [0.25, 0.3) is 5.91 Å². The molecule has 0 aliphatic carbocycles. The van der Waals surface area contributed by atoms with Crippen LogP contribution in [0.1, 0.15) is 11.1 Å². The van der Waals surface area contributed by atoms with Gasteiger partial charge in [-0.1, -0.05) is 29.8 Å². The molecule has 0 saturated carbocycles. The molecular formula is C21H25ClN2O3. The van der Waals surface area contributed by atoms with Crippen LogP contribution in [0.15, 0.2) is 42.5 Å². The molecule has 27 heavy (non-hydrogen) atoms. The van der Waals surface area contributed by atoms with Crippen molar-refractivity contribution in [1.82, 2.24) is 9.80 Å². The average Bonchev–Trinajstić information content (AvgIpc) is 2.69. The van der Waals surface area contributed by atoms with Gasteiger partial charge in [-0.3, -0.25) is 9.69 Å². The SMILES string of the molecule is COc1ccc(CN2CCN(C(=O)COc3cc(C)ccc3Cl)CC2)cc1. The molecule has 0 spiro atoms. The minimum Gasteiger partial charge on any atom is -0.497 e. The third kappa shape index (κ3) is 5.37. The topological polar surface area (TPSA) is 42.0 Å². The fourth-order valence-corrected chi connectivity index (χ4v) is 3.27. The van der Waals surface area contributed by atoms with Gasteiger partial charge in [0, 0.05) is 32.7 Å². The fourth-order valence-electron chi connectivity index (χ4n) is 3.10. The van der Waals surface area contributed by atoms with Crippen LogP contribution in [0.25, 0.3) is 0 Å². The van der Waals surface area contributed by atoms with Crippen molar-refractivity contribution < 1.29 is 14.3 Å². The second-order valence-electron chi connectivity index (χ2n) is 6.73. The van der Waals surface area contributed by atoms with E-state index >= 15 is 0 Å². The lowest BCUT2D eigenvalue weighted by Crippen LogP contribution is -2.49. The van der Waals surface area contributed by atoms with E-state index in [1.165, 1.54) is 5.56 Å². The zero-order valence-electron chi connectivity index (χ0n) is 15.8. The molecule has 144 valence electrons. The third-order valence-electron chi connectivity index (χ3n) is 4.73. The number of carbonyl (C=O) groups excluding carboxylic acids is 1. The monoisotopic (exact) mass is 388 g/mol. The van der Waals surface area contributed by atoms with E-state index in [1.54, 1.807) is 13.2 Å². The maximum absolute atomic E-state index is 12.4. The molecule has 1 saturated heterocycles. The van der Waals surface area contributed by atoms with Crippen molar-refractivity contribution >= 4 is 17.5 Å². The zero-order valence-corrected chi connectivity index (χ0v) is 16.5. The number of methoxy groups -OCH3 is 1. The summed E-state index contributed by atoms with van der Waals surface area (Å²) in [5, 5.41) is 0.526. The number of aryl methyl sites for hydroxylation is 1. The fraction of sp³-hybridized carbons (Fsp3) is 0.381. The Morgan fingerprint density at radius 2 is 1.78 bits per heavy atom. The highest BCUT2D eigenvalue weighted by Crippen LogP contribution is 2.25. The highest BCUT2D eigenvalue weighted by molar-refractivity contribution is 6.32. The van der Waals surface area contributed by atoms with Crippen LogP contribution in [0.2, 0.25) is 5.02 Å². The molecule has 1 heterocycles. The van der Waals surface area contributed by atoms with Crippen molar-refractivity contribution in [2.75, 3.05) is 39.9 Å². The van der Waals surface area contributed by atoms with E-state index in [9.17, 15) is 4.79 Å². The van der Waals surface area contributed by atoms with Crippen molar-refractivity contribution in [3.63, 3.8) is 0 Å². The Morgan fingerprint density at radius 3 is 2.44 bits per heavy atom. The van der Waals surface area contributed by atoms with Crippen LogP contribution in [0.4, 0.5) is 0 Å². The lowest BCUT2D eigenvalue weighted by atomic mass is 10.2. The largest absolute Gasteiger partial charge is 0.497 e. The molecule has 2 aromatic rings. The Bertz CT molecular complexity index is 771. The number of hydrogen-bond acceptors (Lipinski definition) is 4. The van der Waals surface area contributed by atoms with Crippen molar-refractivity contribution in [3.8, 4) is 11.5 Å². The molecule has 6 heteroatoms. The van der Waals surface area contributed by atoms with Gasteiger partial charge in [0.1, 0.15) is 11.5 Å². The summed E-state index contributed by atoms with van der Waals surface area (Å²) in [6, 6.07) is 13.7. The van der Waals surface area contributed by atoms with Gasteiger partial charge in [-0.05, 0) is 42.3 Å². The molecule has 0 unspecified atom stereocenters. The summed E-state index contributed by atoms with van der Waals surface area (Å²) in [6.07, 6.45) is 0. The van der Waals surface area contributed by atoms with E-state index in [-0.39, 0.29) is 12.5 Å². The standard InChI is InChI=1S/C21H25ClN2O3/c1-16-3-8-19(22)20(13-16)27-15-21(25)24-11-9-23(10-12-24)14-17-4-6-18(26-2)7-5-17/h3-8,13H,9-12,14-15H2,1-2H3. The number of nitrogens with zero attached hydrogens (tertiary/aromatic N) is 2. The van der Waals surface area contributed by atoms with Gasteiger partial charge in [-0.25, -0.2) is 0 Å². The van der Waals surface area contributed by atoms with E-state index in [1.807, 2.05) is 36.1 Å². The van der Waals surface area contributed by atoms with E-state index in [0.29, 0.717) is 23.9 Å². The molecule has 0 atom stereocenters. The molecule has 5 nitrogen and oxygen atoms in total. The number of rotatable bonds is 6. The summed E-state index contributed by atoms with van der Waals surface area (Å²) in [5.74, 6) is 1.42. The first-order chi connectivity index (χ1) is 13.0. The van der Waals surface area contributed by atoms with Gasteiger partial charge in [0.2, 0.25) is 0 Å². The number of hydrogen-bond donors (Lipinski definition) is 0. The molecule has 0 aromatic heterocycles. The Kier molecular flexibility index (Phi) is 6.58. The molecule has 1 fully saturated rings. The first-order valence-corrected chi connectivity index (χ1v) is 9.45. The van der Waals surface area contributed by atoms with Gasteiger partial charge in [0.15, 0.2) is 6.61 Å². The minimum absolute atomic E-state index is 0.00308. The van der Waals surface area contributed by atoms with Crippen molar-refractivity contribution in [2.24, 2.45) is 0 Å². The summed E-state index contributed by atoms with van der Waals surface area (Å²) in [4.78, 5) is 16.6. The summed E-state index contributed by atoms with van der Waals surface area (Å²) in [5.41, 5.74) is 2.29. The van der Waals surface area contributed by atoms with Gasteiger partial charge in [-0.2, -0.15) is 0 Å². The number of piperazine rings is 1. The molecular weight excluding hydrogens is 364 g/mol. The number of amides is 1. The van der Waals surface area contributed by atoms with Crippen LogP contribution in [-0.4, -0.2) is 55.6 Å². The highest BCUT2D eigenvalue weighted by atomic mass is 35.5. The summed E-state index contributed by atoms with van der Waals surface area (Å²) < 4.78 is 10.8. The predicted molar refractivity (Wildman–Crippen MR) is 107 cm³/mol. The Labute approximate surface area is 165 Å².